The van der Waals surface area contributed by atoms with Crippen LogP contribution >= 0.6 is 0 Å². The molecule has 0 saturated carbocycles. The number of hydrogen-bond acceptors (Lipinski definition) is 4. The fraction of sp³-hybridized carbons (Fsp3) is 0.692. The Morgan fingerprint density at radius 3 is 2.83 bits per heavy atom. The second-order valence-electron chi connectivity index (χ2n) is 4.88. The van der Waals surface area contributed by atoms with E-state index in [0.29, 0.717) is 0 Å². The first-order valence-electron chi connectivity index (χ1n) is 6.61. The molecule has 0 aromatic carbocycles. The molecule has 1 amide bonds. The molecule has 1 saturated heterocycles. The smallest absolute Gasteiger partial charge is 0.223 e. The molecule has 0 atom stereocenters. The first kappa shape index (κ1) is 13.1. The van der Waals surface area contributed by atoms with Crippen LogP contribution in [0.25, 0.3) is 0 Å². The van der Waals surface area contributed by atoms with Crippen molar-refractivity contribution in [2.45, 2.75) is 33.2 Å². The summed E-state index contributed by atoms with van der Waals surface area (Å²) >= 11 is 0. The summed E-state index contributed by atoms with van der Waals surface area (Å²) in [5.74, 6) is 1.29. The molecule has 1 N–H and O–H groups in total. The molecule has 1 aromatic heterocycles. The highest BCUT2D eigenvalue weighted by molar-refractivity contribution is 5.78. The number of aromatic nitrogens is 1. The highest BCUT2D eigenvalue weighted by Gasteiger charge is 2.24. The third-order valence-electron chi connectivity index (χ3n) is 3.37. The van der Waals surface area contributed by atoms with Gasteiger partial charge < -0.3 is 9.84 Å². The lowest BCUT2D eigenvalue weighted by Crippen LogP contribution is -2.40. The molecule has 1 aromatic rings. The number of nitrogens with one attached hydrogen (secondary N) is 1. The largest absolute Gasteiger partial charge is 0.360 e. The summed E-state index contributed by atoms with van der Waals surface area (Å²) in [4.78, 5) is 14.0. The van der Waals surface area contributed by atoms with Gasteiger partial charge in [-0.2, -0.15) is 0 Å². The van der Waals surface area contributed by atoms with E-state index in [9.17, 15) is 4.79 Å². The van der Waals surface area contributed by atoms with Gasteiger partial charge in [-0.3, -0.25) is 9.69 Å². The number of aryl methyl sites for hydroxylation is 1. The fourth-order valence-electron chi connectivity index (χ4n) is 2.38. The summed E-state index contributed by atoms with van der Waals surface area (Å²) in [5.41, 5.74) is 0.919. The van der Waals surface area contributed by atoms with Crippen LogP contribution in [0.5, 0.6) is 0 Å². The van der Waals surface area contributed by atoms with Gasteiger partial charge in [0.25, 0.3) is 0 Å². The quantitative estimate of drug-likeness (QED) is 0.877. The van der Waals surface area contributed by atoms with Crippen molar-refractivity contribution in [2.75, 3.05) is 19.6 Å². The number of likely N-dealkylation sites (tertiary alicyclic amines) is 1. The lowest BCUT2D eigenvalue weighted by molar-refractivity contribution is -0.126. The number of amides is 1. The van der Waals surface area contributed by atoms with E-state index in [-0.39, 0.29) is 11.8 Å². The Labute approximate surface area is 108 Å². The molecular formula is C13H21N3O2. The first-order valence-corrected chi connectivity index (χ1v) is 6.61. The van der Waals surface area contributed by atoms with E-state index < -0.39 is 0 Å². The molecule has 18 heavy (non-hydrogen) atoms. The van der Waals surface area contributed by atoms with E-state index in [4.69, 9.17) is 4.52 Å². The molecule has 100 valence electrons. The van der Waals surface area contributed by atoms with Crippen molar-refractivity contribution in [3.8, 4) is 0 Å². The second-order valence-corrected chi connectivity index (χ2v) is 4.88. The molecule has 0 spiro atoms. The van der Waals surface area contributed by atoms with Crippen LogP contribution in [0.15, 0.2) is 10.6 Å². The third-order valence-corrected chi connectivity index (χ3v) is 3.37. The number of piperidine rings is 1. The zero-order valence-corrected chi connectivity index (χ0v) is 11.1. The summed E-state index contributed by atoms with van der Waals surface area (Å²) in [7, 11) is 0. The number of hydrogen-bond donors (Lipinski definition) is 1. The normalized spacial score (nSPS) is 17.9. The van der Waals surface area contributed by atoms with Gasteiger partial charge in [0, 0.05) is 18.5 Å². The molecule has 0 unspecified atom stereocenters. The molecule has 5 heteroatoms. The third kappa shape index (κ3) is 3.32. The fourth-order valence-corrected chi connectivity index (χ4v) is 2.38. The number of nitrogens with zero attached hydrogens (tertiary/aromatic N) is 2. The zero-order chi connectivity index (χ0) is 13.0. The van der Waals surface area contributed by atoms with E-state index in [1.54, 1.807) is 0 Å². The van der Waals surface area contributed by atoms with Crippen molar-refractivity contribution < 1.29 is 9.32 Å². The Balaban J connectivity index is 1.78. The highest BCUT2D eigenvalue weighted by Crippen LogP contribution is 2.19. The molecule has 0 bridgehead atoms. The van der Waals surface area contributed by atoms with Crippen LogP contribution in [0.1, 0.15) is 31.2 Å². The summed E-state index contributed by atoms with van der Waals surface area (Å²) in [5, 5.41) is 6.78. The Hall–Kier alpha value is -1.36. The van der Waals surface area contributed by atoms with Crippen LogP contribution in [0.2, 0.25) is 0 Å². The van der Waals surface area contributed by atoms with Gasteiger partial charge in [-0.1, -0.05) is 5.16 Å². The minimum Gasteiger partial charge on any atom is -0.360 e. The molecule has 0 radical (unpaired) electrons. The predicted molar refractivity (Wildman–Crippen MR) is 67.9 cm³/mol. The van der Waals surface area contributed by atoms with Gasteiger partial charge in [0.1, 0.15) is 0 Å². The van der Waals surface area contributed by atoms with Gasteiger partial charge in [0.2, 0.25) is 5.91 Å². The van der Waals surface area contributed by atoms with Crippen molar-refractivity contribution in [3.05, 3.63) is 17.5 Å². The minimum absolute atomic E-state index is 0.178. The van der Waals surface area contributed by atoms with Crippen molar-refractivity contribution in [3.63, 3.8) is 0 Å². The summed E-state index contributed by atoms with van der Waals surface area (Å²) in [6.45, 7) is 7.29. The standard InChI is InChI=1S/C13H21N3O2/c1-3-14-13(17)11-4-6-16(7-5-11)9-12-8-10(2)15-18-12/h8,11H,3-7,9H2,1-2H3,(H,14,17). The van der Waals surface area contributed by atoms with Gasteiger partial charge in [-0.15, -0.1) is 0 Å². The van der Waals surface area contributed by atoms with Gasteiger partial charge in [-0.25, -0.2) is 0 Å². The maximum Gasteiger partial charge on any atom is 0.223 e. The Morgan fingerprint density at radius 1 is 1.56 bits per heavy atom. The minimum atomic E-state index is 0.178. The number of rotatable bonds is 4. The Bertz CT molecular complexity index is 395. The highest BCUT2D eigenvalue weighted by atomic mass is 16.5. The van der Waals surface area contributed by atoms with Crippen LogP contribution in [-0.2, 0) is 11.3 Å². The maximum absolute atomic E-state index is 11.7. The van der Waals surface area contributed by atoms with Crippen LogP contribution in [-0.4, -0.2) is 35.6 Å². The maximum atomic E-state index is 11.7. The molecular weight excluding hydrogens is 230 g/mol. The van der Waals surface area contributed by atoms with Crippen LogP contribution < -0.4 is 5.32 Å². The van der Waals surface area contributed by atoms with E-state index in [1.165, 1.54) is 0 Å². The molecule has 0 aliphatic carbocycles. The van der Waals surface area contributed by atoms with Crippen molar-refractivity contribution >= 4 is 5.91 Å². The van der Waals surface area contributed by atoms with Gasteiger partial charge in [0.15, 0.2) is 5.76 Å². The molecule has 2 heterocycles. The molecule has 5 nitrogen and oxygen atoms in total. The van der Waals surface area contributed by atoms with Crippen molar-refractivity contribution in [2.24, 2.45) is 5.92 Å². The lowest BCUT2D eigenvalue weighted by atomic mass is 9.96. The predicted octanol–water partition coefficient (Wildman–Crippen LogP) is 1.33. The zero-order valence-electron chi connectivity index (χ0n) is 11.1. The van der Waals surface area contributed by atoms with E-state index in [0.717, 1.165) is 50.5 Å². The Kier molecular flexibility index (Phi) is 4.36. The van der Waals surface area contributed by atoms with E-state index >= 15 is 0 Å². The first-order chi connectivity index (χ1) is 8.69. The number of carbonyl (C=O) groups is 1. The van der Waals surface area contributed by atoms with Gasteiger partial charge in [0.05, 0.1) is 12.2 Å². The van der Waals surface area contributed by atoms with E-state index in [1.807, 2.05) is 19.9 Å². The average Bonchev–Trinajstić information content (AvgIpc) is 2.76. The molecule has 1 fully saturated rings. The SMILES string of the molecule is CCNC(=O)C1CCN(Cc2cc(C)no2)CC1. The van der Waals surface area contributed by atoms with Gasteiger partial charge in [-0.05, 0) is 39.8 Å². The van der Waals surface area contributed by atoms with Crippen LogP contribution in [0.4, 0.5) is 0 Å². The number of carbonyl (C=O) groups excluding carboxylic acids is 1. The molecule has 1 aliphatic rings. The van der Waals surface area contributed by atoms with Crippen molar-refractivity contribution in [1.82, 2.24) is 15.4 Å². The lowest BCUT2D eigenvalue weighted by Gasteiger charge is -2.30. The van der Waals surface area contributed by atoms with Crippen molar-refractivity contribution in [1.29, 1.82) is 0 Å². The average molecular weight is 251 g/mol. The van der Waals surface area contributed by atoms with Crippen LogP contribution in [0.3, 0.4) is 0 Å². The monoisotopic (exact) mass is 251 g/mol. The summed E-state index contributed by atoms with van der Waals surface area (Å²) < 4.78 is 5.21. The molecule has 1 aliphatic heterocycles. The van der Waals surface area contributed by atoms with Gasteiger partial charge >= 0.3 is 0 Å². The second kappa shape index (κ2) is 6.00. The topological polar surface area (TPSA) is 58.4 Å². The summed E-state index contributed by atoms with van der Waals surface area (Å²) in [6.07, 6.45) is 1.86. The molecule has 2 rings (SSSR count). The van der Waals surface area contributed by atoms with Crippen LogP contribution in [0, 0.1) is 12.8 Å². The van der Waals surface area contributed by atoms with E-state index in [2.05, 4.69) is 15.4 Å². The summed E-state index contributed by atoms with van der Waals surface area (Å²) in [6, 6.07) is 1.97. The Morgan fingerprint density at radius 2 is 2.28 bits per heavy atom.